The maximum Gasteiger partial charge on any atom is 0.320 e. The number of carboxylic acid groups (broad SMARTS) is 1. The second-order valence-electron chi connectivity index (χ2n) is 13.5. The highest BCUT2D eigenvalue weighted by molar-refractivity contribution is 6.34. The number of benzene rings is 2. The van der Waals surface area contributed by atoms with Gasteiger partial charge in [-0.15, -0.1) is 0 Å². The van der Waals surface area contributed by atoms with Crippen LogP contribution < -0.4 is 5.32 Å². The lowest BCUT2D eigenvalue weighted by Gasteiger charge is -2.38. The van der Waals surface area contributed by atoms with Gasteiger partial charge in [-0.1, -0.05) is 73.0 Å². The van der Waals surface area contributed by atoms with Crippen molar-refractivity contribution in [3.05, 3.63) is 111 Å². The third-order valence-electron chi connectivity index (χ3n) is 10.1. The number of pyridine rings is 1. The van der Waals surface area contributed by atoms with Crippen LogP contribution in [0.3, 0.4) is 0 Å². The summed E-state index contributed by atoms with van der Waals surface area (Å²) in [6, 6.07) is 14.3. The first-order chi connectivity index (χ1) is 24.1. The van der Waals surface area contributed by atoms with Gasteiger partial charge in [0.15, 0.2) is 5.58 Å². The molecule has 0 spiro atoms. The lowest BCUT2D eigenvalue weighted by Crippen LogP contribution is -2.50. The van der Waals surface area contributed by atoms with Gasteiger partial charge >= 0.3 is 5.97 Å². The number of aliphatic hydroxyl groups excluding tert-OH is 1. The molecule has 3 aliphatic rings. The normalized spacial score (nSPS) is 24.4. The average Bonchev–Trinajstić information content (AvgIpc) is 3.73. The molecule has 50 heavy (non-hydrogen) atoms. The van der Waals surface area contributed by atoms with E-state index in [1.54, 1.807) is 18.3 Å². The van der Waals surface area contributed by atoms with E-state index >= 15 is 0 Å². The Morgan fingerprint density at radius 2 is 1.88 bits per heavy atom. The van der Waals surface area contributed by atoms with E-state index in [0.29, 0.717) is 53.7 Å². The zero-order valence-electron chi connectivity index (χ0n) is 27.7. The summed E-state index contributed by atoms with van der Waals surface area (Å²) in [5, 5.41) is 23.8. The third-order valence-corrected chi connectivity index (χ3v) is 10.8. The van der Waals surface area contributed by atoms with Crippen LogP contribution in [0.5, 0.6) is 0 Å². The second kappa shape index (κ2) is 14.3. The first-order valence-corrected chi connectivity index (χ1v) is 17.8. The number of aliphatic carboxylic acids is 1. The summed E-state index contributed by atoms with van der Waals surface area (Å²) >= 11 is 13.5. The number of carbonyl (C=O) groups excluding carboxylic acids is 1. The Morgan fingerprint density at radius 1 is 1.04 bits per heavy atom. The molecule has 1 aliphatic carbocycles. The number of oxazole rings is 1. The molecule has 10 nitrogen and oxygen atoms in total. The number of carbonyl (C=O) groups is 2. The Kier molecular flexibility index (Phi) is 9.82. The van der Waals surface area contributed by atoms with Crippen LogP contribution in [0.25, 0.3) is 16.7 Å². The Hall–Kier alpha value is -4.06. The Balaban J connectivity index is 1.23. The number of rotatable bonds is 9. The number of aliphatic hydroxyl groups is 1. The Bertz CT molecular complexity index is 1980. The molecule has 2 aromatic carbocycles. The molecule has 0 saturated carbocycles. The highest BCUT2D eigenvalue weighted by atomic mass is 35.5. The van der Waals surface area contributed by atoms with Gasteiger partial charge in [-0.05, 0) is 78.4 Å². The molecule has 2 saturated heterocycles. The molecule has 2 fully saturated rings. The van der Waals surface area contributed by atoms with Gasteiger partial charge < -0.3 is 19.9 Å². The minimum Gasteiger partial charge on any atom is -0.480 e. The van der Waals surface area contributed by atoms with Crippen LogP contribution in [0.15, 0.2) is 77.4 Å². The lowest BCUT2D eigenvalue weighted by atomic mass is 9.74. The van der Waals surface area contributed by atoms with Crippen LogP contribution in [0.2, 0.25) is 10.0 Å². The SMILES string of the molecule is CC1C(c2ccccc2Cl)=CC=CC1(NC(=O)c1ccc(CN2CC[C@H](O)C2)cn1)c1nc2cc(CN3CCCC[C@H]3C(=O)O)cc(Cl)c2o1. The van der Waals surface area contributed by atoms with Gasteiger partial charge in [0, 0.05) is 43.3 Å². The van der Waals surface area contributed by atoms with Crippen molar-refractivity contribution in [3.8, 4) is 0 Å². The molecule has 3 N–H and O–H groups in total. The van der Waals surface area contributed by atoms with Crippen LogP contribution in [-0.4, -0.2) is 73.6 Å². The molecule has 4 atom stereocenters. The van der Waals surface area contributed by atoms with Gasteiger partial charge in [0.1, 0.15) is 22.8 Å². The van der Waals surface area contributed by atoms with E-state index < -0.39 is 29.4 Å². The summed E-state index contributed by atoms with van der Waals surface area (Å²) in [7, 11) is 0. The number of carboxylic acids is 1. The molecule has 2 aromatic heterocycles. The van der Waals surface area contributed by atoms with Crippen molar-refractivity contribution >= 4 is 51.8 Å². The summed E-state index contributed by atoms with van der Waals surface area (Å²) in [5.74, 6) is -1.39. The molecule has 12 heteroatoms. The number of nitrogens with one attached hydrogen (secondary N) is 1. The molecule has 2 unspecified atom stereocenters. The van der Waals surface area contributed by atoms with E-state index in [0.717, 1.165) is 48.1 Å². The van der Waals surface area contributed by atoms with E-state index in [-0.39, 0.29) is 17.7 Å². The van der Waals surface area contributed by atoms with Gasteiger partial charge in [-0.2, -0.15) is 0 Å². The minimum atomic E-state index is -1.25. The third kappa shape index (κ3) is 6.83. The van der Waals surface area contributed by atoms with Crippen molar-refractivity contribution < 1.29 is 24.2 Å². The topological polar surface area (TPSA) is 132 Å². The first-order valence-electron chi connectivity index (χ1n) is 17.0. The summed E-state index contributed by atoms with van der Waals surface area (Å²) < 4.78 is 6.45. The monoisotopic (exact) mass is 715 g/mol. The number of fused-ring (bicyclic) bond motifs is 1. The molecule has 0 bridgehead atoms. The van der Waals surface area contributed by atoms with Gasteiger partial charge in [0.05, 0.1) is 11.1 Å². The van der Waals surface area contributed by atoms with E-state index in [9.17, 15) is 19.8 Å². The van der Waals surface area contributed by atoms with Gasteiger partial charge in [0.25, 0.3) is 5.91 Å². The smallest absolute Gasteiger partial charge is 0.320 e. The van der Waals surface area contributed by atoms with Crippen molar-refractivity contribution in [2.45, 2.75) is 63.4 Å². The molecule has 1 amide bonds. The highest BCUT2D eigenvalue weighted by Crippen LogP contribution is 2.45. The quantitative estimate of drug-likeness (QED) is 0.179. The molecule has 4 heterocycles. The molecule has 2 aliphatic heterocycles. The van der Waals surface area contributed by atoms with Gasteiger partial charge in [-0.25, -0.2) is 4.98 Å². The largest absolute Gasteiger partial charge is 0.480 e. The number of hydrogen-bond acceptors (Lipinski definition) is 8. The number of β-amino-alcohol motifs (C(OH)–C–C–N with tert-alkyl or cyclic N) is 1. The van der Waals surface area contributed by atoms with Crippen LogP contribution >= 0.6 is 23.2 Å². The first kappa shape index (κ1) is 34.4. The summed E-state index contributed by atoms with van der Waals surface area (Å²) in [6.45, 7) is 5.16. The Labute approximate surface area is 300 Å². The summed E-state index contributed by atoms with van der Waals surface area (Å²) in [6.07, 6.45) is 10.3. The number of nitrogens with zero attached hydrogens (tertiary/aromatic N) is 4. The van der Waals surface area contributed by atoms with E-state index in [4.69, 9.17) is 32.6 Å². The predicted octanol–water partition coefficient (Wildman–Crippen LogP) is 6.45. The van der Waals surface area contributed by atoms with Crippen LogP contribution in [0.4, 0.5) is 0 Å². The molecule has 260 valence electrons. The lowest BCUT2D eigenvalue weighted by molar-refractivity contribution is -0.144. The van der Waals surface area contributed by atoms with Gasteiger partial charge in [-0.3, -0.25) is 24.4 Å². The molecular weight excluding hydrogens is 677 g/mol. The van der Waals surface area contributed by atoms with Crippen molar-refractivity contribution in [1.29, 1.82) is 0 Å². The number of likely N-dealkylation sites (tertiary alicyclic amines) is 2. The number of allylic oxidation sites excluding steroid dienone is 2. The number of amides is 1. The fourth-order valence-electron chi connectivity index (χ4n) is 7.44. The fraction of sp³-hybridized carbons (Fsp3) is 0.368. The number of piperidine rings is 1. The molecule has 4 aromatic rings. The van der Waals surface area contributed by atoms with Gasteiger partial charge in [0.2, 0.25) is 5.89 Å². The van der Waals surface area contributed by atoms with E-state index in [1.807, 2.05) is 66.4 Å². The number of halogens is 2. The fourth-order valence-corrected chi connectivity index (χ4v) is 7.96. The van der Waals surface area contributed by atoms with Crippen LogP contribution in [0.1, 0.15) is 65.7 Å². The van der Waals surface area contributed by atoms with Crippen molar-refractivity contribution in [3.63, 3.8) is 0 Å². The standard InChI is InChI=1S/C38H39Cl2N5O5/c1-23-27(28-7-2-3-9-29(28)39)8-6-14-38(23,43-35(47)31-12-11-24(19-41-31)20-44-16-13-26(46)22-44)37-42-32-18-25(17-30(40)34(32)50-37)21-45-15-5-4-10-33(45)36(48)49/h2-3,6-9,11-12,14,17-19,23,26,33,46H,4-5,10,13,15-16,20-22H2,1H3,(H,43,47)(H,48,49)/t23?,26-,33-,38?/m0/s1. The molecule has 0 radical (unpaired) electrons. The maximum atomic E-state index is 14.0. The van der Waals surface area contributed by atoms with Crippen LogP contribution in [0, 0.1) is 5.92 Å². The summed E-state index contributed by atoms with van der Waals surface area (Å²) in [5.41, 5.74) is 3.33. The zero-order chi connectivity index (χ0) is 35.0. The number of hydrogen-bond donors (Lipinski definition) is 3. The minimum absolute atomic E-state index is 0.231. The molecule has 7 rings (SSSR count). The highest BCUT2D eigenvalue weighted by Gasteiger charge is 2.46. The van der Waals surface area contributed by atoms with E-state index in [2.05, 4.69) is 15.2 Å². The predicted molar refractivity (Wildman–Crippen MR) is 192 cm³/mol. The van der Waals surface area contributed by atoms with E-state index in [1.165, 1.54) is 0 Å². The Morgan fingerprint density at radius 3 is 2.62 bits per heavy atom. The molecular formula is C38H39Cl2N5O5. The van der Waals surface area contributed by atoms with Crippen molar-refractivity contribution in [1.82, 2.24) is 25.1 Å². The average molecular weight is 717 g/mol. The van der Waals surface area contributed by atoms with Crippen molar-refractivity contribution in [2.75, 3.05) is 19.6 Å². The van der Waals surface area contributed by atoms with Crippen LogP contribution in [-0.2, 0) is 23.4 Å². The zero-order valence-corrected chi connectivity index (χ0v) is 29.2. The van der Waals surface area contributed by atoms with Crippen molar-refractivity contribution in [2.24, 2.45) is 5.92 Å². The second-order valence-corrected chi connectivity index (χ2v) is 14.3. The maximum absolute atomic E-state index is 14.0. The summed E-state index contributed by atoms with van der Waals surface area (Å²) in [4.78, 5) is 39.6. The number of aromatic nitrogens is 2.